The number of hydrogen-bond donors (Lipinski definition) is 0. The van der Waals surface area contributed by atoms with Crippen LogP contribution >= 0.6 is 11.3 Å². The molecule has 8 rings (SSSR count). The van der Waals surface area contributed by atoms with Gasteiger partial charge in [-0.25, -0.2) is 0 Å². The lowest BCUT2D eigenvalue weighted by Gasteiger charge is -2.17. The van der Waals surface area contributed by atoms with E-state index in [4.69, 9.17) is 9.47 Å². The molecule has 0 saturated heterocycles. The van der Waals surface area contributed by atoms with E-state index in [1.54, 1.807) is 23.7 Å². The number of thiophene rings is 1. The van der Waals surface area contributed by atoms with Crippen molar-refractivity contribution < 1.29 is 9.47 Å². The molecule has 0 unspecified atom stereocenters. The third kappa shape index (κ3) is 71.7. The van der Waals surface area contributed by atoms with Crippen LogP contribution in [0.2, 0.25) is 0 Å². The quantitative estimate of drug-likeness (QED) is 0.152. The second kappa shape index (κ2) is 67.1. The second-order valence-corrected chi connectivity index (χ2v) is 18.2. The Morgan fingerprint density at radius 2 is 0.549 bits per heavy atom. The highest BCUT2D eigenvalue weighted by molar-refractivity contribution is 7.17. The zero-order valence-electron chi connectivity index (χ0n) is 50.7. The maximum Gasteiger partial charge on any atom is 0.161 e. The van der Waals surface area contributed by atoms with Crippen LogP contribution in [0.15, 0.2) is 175 Å². The summed E-state index contributed by atoms with van der Waals surface area (Å²) < 4.78 is 12.0. The lowest BCUT2D eigenvalue weighted by Crippen LogP contribution is -2.14. The van der Waals surface area contributed by atoms with Gasteiger partial charge in [-0.2, -0.15) is 0 Å². The minimum absolute atomic E-state index is 0.664. The molecular weight excluding hydrogens is 883 g/mol. The van der Waals surface area contributed by atoms with Crippen molar-refractivity contribution in [1.29, 1.82) is 0 Å². The molecule has 0 atom stereocenters. The Labute approximate surface area is 447 Å². The molecule has 3 nitrogen and oxygen atoms in total. The molecule has 71 heavy (non-hydrogen) atoms. The predicted molar refractivity (Wildman–Crippen MR) is 333 cm³/mol. The minimum Gasteiger partial charge on any atom is -0.486 e. The maximum atomic E-state index is 5.30. The van der Waals surface area contributed by atoms with Gasteiger partial charge >= 0.3 is 0 Å². The number of aromatic nitrogens is 1. The van der Waals surface area contributed by atoms with E-state index in [9.17, 15) is 0 Å². The summed E-state index contributed by atoms with van der Waals surface area (Å²) in [6.45, 7) is 53.8. The van der Waals surface area contributed by atoms with Crippen molar-refractivity contribution in [2.24, 2.45) is 29.6 Å². The number of fused-ring (bicyclic) bond motifs is 3. The summed E-state index contributed by atoms with van der Waals surface area (Å²) in [5, 5.41) is 6.09. The molecule has 3 heterocycles. The number of rotatable bonds is 0. The third-order valence-electron chi connectivity index (χ3n) is 5.70. The first kappa shape index (κ1) is 80.2. The normalized spacial score (nSPS) is 9.10. The zero-order chi connectivity index (χ0) is 56.1. The number of ether oxygens (including phenoxy) is 2. The van der Waals surface area contributed by atoms with Crippen LogP contribution in [0.3, 0.4) is 0 Å². The van der Waals surface area contributed by atoms with Gasteiger partial charge in [0.2, 0.25) is 0 Å². The van der Waals surface area contributed by atoms with Crippen LogP contribution in [-0.2, 0) is 0 Å². The highest BCUT2D eigenvalue weighted by Gasteiger charge is 2.08. The summed E-state index contributed by atoms with van der Waals surface area (Å²) in [4.78, 5) is 3.78. The van der Waals surface area contributed by atoms with Gasteiger partial charge in [-0.1, -0.05) is 294 Å². The highest BCUT2D eigenvalue weighted by Crippen LogP contribution is 2.28. The van der Waals surface area contributed by atoms with E-state index < -0.39 is 0 Å². The molecule has 0 bridgehead atoms. The smallest absolute Gasteiger partial charge is 0.161 e. The van der Waals surface area contributed by atoms with Crippen molar-refractivity contribution in [3.8, 4) is 11.5 Å². The van der Waals surface area contributed by atoms with E-state index in [-0.39, 0.29) is 0 Å². The SMILES string of the molecule is CC.CC.CC.CC.CC.CC(C)C.CC(C)C.CC(C)C.CC(C)C.CC(C)C.c1ccc2c(c1)OCCO2.c1ccc2ccccc2c1.c1ccc2sccc2c1.c1ccccc1.c1ccncc1. The Kier molecular flexibility index (Phi) is 75.8. The molecule has 2 aromatic heterocycles. The number of hydrogen-bond acceptors (Lipinski definition) is 4. The van der Waals surface area contributed by atoms with Crippen LogP contribution in [0.1, 0.15) is 173 Å². The minimum atomic E-state index is 0.664. The third-order valence-corrected chi connectivity index (χ3v) is 6.60. The Hall–Kier alpha value is -4.93. The summed E-state index contributed by atoms with van der Waals surface area (Å²) in [6.07, 6.45) is 3.50. The number of benzene rings is 5. The van der Waals surface area contributed by atoms with Crippen LogP contribution in [-0.4, -0.2) is 18.2 Å². The number of nitrogens with zero attached hydrogens (tertiary/aromatic N) is 1. The average Bonchev–Trinajstić information content (AvgIpc) is 3.88. The van der Waals surface area contributed by atoms with Crippen molar-refractivity contribution in [1.82, 2.24) is 4.98 Å². The lowest BCUT2D eigenvalue weighted by molar-refractivity contribution is 0.171. The van der Waals surface area contributed by atoms with Crippen molar-refractivity contribution in [3.05, 3.63) is 175 Å². The largest absolute Gasteiger partial charge is 0.486 e. The molecule has 5 aromatic carbocycles. The van der Waals surface area contributed by atoms with Crippen molar-refractivity contribution >= 4 is 32.2 Å². The summed E-state index contributed by atoms with van der Waals surface area (Å²) in [5.74, 6) is 5.88. The van der Waals surface area contributed by atoms with Gasteiger partial charge in [0.15, 0.2) is 11.5 Å². The van der Waals surface area contributed by atoms with Crippen molar-refractivity contribution in [2.75, 3.05) is 13.2 Å². The van der Waals surface area contributed by atoms with E-state index in [0.717, 1.165) is 41.1 Å². The van der Waals surface area contributed by atoms with Crippen LogP contribution in [0.4, 0.5) is 0 Å². The summed E-state index contributed by atoms with van der Waals surface area (Å²) in [7, 11) is 0. The maximum absolute atomic E-state index is 5.30. The van der Waals surface area contributed by atoms with Crippen molar-refractivity contribution in [3.63, 3.8) is 0 Å². The second-order valence-electron chi connectivity index (χ2n) is 17.3. The molecule has 1 aliphatic rings. The number of para-hydroxylation sites is 2. The summed E-state index contributed by atoms with van der Waals surface area (Å²) >= 11 is 1.79. The molecule has 0 amide bonds. The molecule has 0 radical (unpaired) electrons. The molecule has 1 aliphatic heterocycles. The van der Waals surface area contributed by atoms with Crippen LogP contribution in [0.25, 0.3) is 20.9 Å². The van der Waals surface area contributed by atoms with Gasteiger partial charge in [-0.3, -0.25) is 4.98 Å². The molecule has 0 fully saturated rings. The Balaban J connectivity index is -0.000000128. The van der Waals surface area contributed by atoms with Gasteiger partial charge in [0, 0.05) is 17.1 Å². The summed E-state index contributed by atoms with van der Waals surface area (Å²) in [6, 6.07) is 52.7. The van der Waals surface area contributed by atoms with Gasteiger partial charge in [-0.05, 0) is 87.5 Å². The van der Waals surface area contributed by atoms with Crippen LogP contribution in [0, 0.1) is 29.6 Å². The Morgan fingerprint density at radius 1 is 0.310 bits per heavy atom. The van der Waals surface area contributed by atoms with Crippen molar-refractivity contribution in [2.45, 2.75) is 173 Å². The van der Waals surface area contributed by atoms with E-state index in [2.05, 4.69) is 193 Å². The first-order valence-corrected chi connectivity index (χ1v) is 28.0. The summed E-state index contributed by atoms with van der Waals surface area (Å²) in [5.41, 5.74) is 0. The first-order valence-electron chi connectivity index (χ1n) is 27.1. The molecule has 7 aromatic rings. The highest BCUT2D eigenvalue weighted by atomic mass is 32.1. The lowest BCUT2D eigenvalue weighted by atomic mass is 10.1. The molecular formula is C67H113NO2S. The van der Waals surface area contributed by atoms with Crippen LogP contribution < -0.4 is 9.47 Å². The van der Waals surface area contributed by atoms with E-state index in [1.807, 2.05) is 148 Å². The first-order chi connectivity index (χ1) is 34.1. The Morgan fingerprint density at radius 3 is 0.789 bits per heavy atom. The fourth-order valence-corrected chi connectivity index (χ4v) is 4.52. The average molecular weight is 997 g/mol. The van der Waals surface area contributed by atoms with Gasteiger partial charge in [0.05, 0.1) is 0 Å². The fourth-order valence-electron chi connectivity index (χ4n) is 3.73. The molecule has 0 spiro atoms. The predicted octanol–water partition coefficient (Wildman–Crippen LogP) is 23.4. The number of pyridine rings is 1. The monoisotopic (exact) mass is 996 g/mol. The van der Waals surface area contributed by atoms with E-state index >= 15 is 0 Å². The zero-order valence-corrected chi connectivity index (χ0v) is 51.5. The molecule has 0 N–H and O–H groups in total. The van der Waals surface area contributed by atoms with Gasteiger partial charge in [-0.15, -0.1) is 11.3 Å². The van der Waals surface area contributed by atoms with Crippen LogP contribution in [0.5, 0.6) is 11.5 Å². The molecule has 404 valence electrons. The molecule has 0 aliphatic carbocycles. The van der Waals surface area contributed by atoms with Gasteiger partial charge < -0.3 is 9.47 Å². The van der Waals surface area contributed by atoms with E-state index in [0.29, 0.717) is 13.2 Å². The van der Waals surface area contributed by atoms with E-state index in [1.165, 1.54) is 20.9 Å². The molecule has 4 heteroatoms. The molecule has 0 saturated carbocycles. The Bertz CT molecular complexity index is 1650. The topological polar surface area (TPSA) is 31.4 Å². The fraction of sp³-hybridized carbons (Fsp3) is 0.478. The van der Waals surface area contributed by atoms with Gasteiger partial charge in [0.25, 0.3) is 0 Å². The van der Waals surface area contributed by atoms with Gasteiger partial charge in [0.1, 0.15) is 13.2 Å². The standard InChI is InChI=1S/C10H8.C8H8O2.C8H6S.C6H6.C5H5N.5C4H10.5C2H6/c1-2-6-10-8-4-3-7-9(10)5-1;1-2-4-8-7(3-1)9-5-6-10-8;1-2-4-8-7(3-1)5-6-9-8;2*1-2-4-6-5-3-1;5*1-4(2)3;5*1-2/h1-8H;1-4H,5-6H2;1-6H;1-6H;1-5H;5*4H,1-3H3;5*1-2H3.